The molecule has 0 unspecified atom stereocenters. The average molecular weight is 282 g/mol. The highest BCUT2D eigenvalue weighted by Crippen LogP contribution is 2.47. The molecule has 4 rings (SSSR count). The topological polar surface area (TPSA) is 27.7 Å². The zero-order valence-corrected chi connectivity index (χ0v) is 12.0. The fourth-order valence-corrected chi connectivity index (χ4v) is 3.08. The zero-order valence-electron chi connectivity index (χ0n) is 12.0. The van der Waals surface area contributed by atoms with Gasteiger partial charge in [-0.2, -0.15) is 0 Å². The summed E-state index contributed by atoms with van der Waals surface area (Å²) >= 11 is 0. The Morgan fingerprint density at radius 3 is 2.90 bits per heavy atom. The van der Waals surface area contributed by atoms with Gasteiger partial charge in [0.1, 0.15) is 18.1 Å². The van der Waals surface area contributed by atoms with E-state index in [1.807, 2.05) is 30.3 Å². The summed E-state index contributed by atoms with van der Waals surface area (Å²) in [5.74, 6) is 1.81. The van der Waals surface area contributed by atoms with Crippen LogP contribution in [0.4, 0.5) is 0 Å². The summed E-state index contributed by atoms with van der Waals surface area (Å²) in [6.45, 7) is 3.53. The second-order valence-electron chi connectivity index (χ2n) is 6.06. The Bertz CT molecular complexity index is 653. The zero-order chi connectivity index (χ0) is 14.3. The van der Waals surface area contributed by atoms with E-state index in [0.717, 1.165) is 17.9 Å². The van der Waals surface area contributed by atoms with Crippen molar-refractivity contribution in [2.75, 3.05) is 6.61 Å². The molecule has 0 radical (unpaired) electrons. The maximum atomic E-state index is 5.91. The summed E-state index contributed by atoms with van der Waals surface area (Å²) in [5.41, 5.74) is 2.41. The van der Waals surface area contributed by atoms with Crippen LogP contribution in [-0.2, 0) is 16.8 Å². The highest BCUT2D eigenvalue weighted by atomic mass is 16.7. The third-order valence-corrected chi connectivity index (χ3v) is 4.31. The maximum Gasteiger partial charge on any atom is 0.200 e. The first-order valence-corrected chi connectivity index (χ1v) is 7.32. The van der Waals surface area contributed by atoms with Crippen molar-refractivity contribution in [2.24, 2.45) is 0 Å². The van der Waals surface area contributed by atoms with Gasteiger partial charge in [0.15, 0.2) is 0 Å². The molecule has 2 atom stereocenters. The molecule has 3 nitrogen and oxygen atoms in total. The van der Waals surface area contributed by atoms with Gasteiger partial charge in [-0.15, -0.1) is 0 Å². The van der Waals surface area contributed by atoms with Gasteiger partial charge < -0.3 is 14.2 Å². The van der Waals surface area contributed by atoms with Crippen LogP contribution in [0.3, 0.4) is 0 Å². The van der Waals surface area contributed by atoms with Crippen LogP contribution in [0.2, 0.25) is 0 Å². The summed E-state index contributed by atoms with van der Waals surface area (Å²) in [6.07, 6.45) is 0.834. The third-order valence-electron chi connectivity index (χ3n) is 4.31. The van der Waals surface area contributed by atoms with Crippen molar-refractivity contribution in [3.05, 3.63) is 59.7 Å². The Morgan fingerprint density at radius 1 is 1.19 bits per heavy atom. The van der Waals surface area contributed by atoms with Gasteiger partial charge in [-0.3, -0.25) is 0 Å². The van der Waals surface area contributed by atoms with Crippen LogP contribution in [0.25, 0.3) is 0 Å². The predicted octanol–water partition coefficient (Wildman–Crippen LogP) is 3.66. The smallest absolute Gasteiger partial charge is 0.200 e. The number of hydrogen-bond donors (Lipinski definition) is 0. The van der Waals surface area contributed by atoms with Crippen LogP contribution in [-0.4, -0.2) is 12.9 Å². The van der Waals surface area contributed by atoms with Gasteiger partial charge in [-0.25, -0.2) is 0 Å². The first-order valence-electron chi connectivity index (χ1n) is 7.32. The Hall–Kier alpha value is -2.00. The molecule has 0 aliphatic carbocycles. The molecule has 21 heavy (non-hydrogen) atoms. The molecule has 0 aromatic heterocycles. The number of rotatable bonds is 3. The molecule has 2 bridgehead atoms. The molecule has 0 N–H and O–H groups in total. The molecular weight excluding hydrogens is 264 g/mol. The summed E-state index contributed by atoms with van der Waals surface area (Å²) in [6, 6.07) is 16.3. The molecule has 2 heterocycles. The highest BCUT2D eigenvalue weighted by molar-refractivity contribution is 5.47. The molecule has 2 aliphatic heterocycles. The van der Waals surface area contributed by atoms with Crippen molar-refractivity contribution >= 4 is 0 Å². The van der Waals surface area contributed by atoms with Crippen molar-refractivity contribution in [1.82, 2.24) is 0 Å². The minimum atomic E-state index is -0.0846. The van der Waals surface area contributed by atoms with Crippen LogP contribution in [0.1, 0.15) is 24.5 Å². The number of ether oxygens (including phenoxy) is 3. The van der Waals surface area contributed by atoms with Crippen molar-refractivity contribution in [3.8, 4) is 11.5 Å². The van der Waals surface area contributed by atoms with Crippen molar-refractivity contribution in [1.29, 1.82) is 0 Å². The second-order valence-corrected chi connectivity index (χ2v) is 6.06. The van der Waals surface area contributed by atoms with E-state index in [9.17, 15) is 0 Å². The first-order chi connectivity index (χ1) is 10.2. The van der Waals surface area contributed by atoms with E-state index in [0.29, 0.717) is 13.2 Å². The largest absolute Gasteiger partial charge is 0.489 e. The minimum absolute atomic E-state index is 0.0460. The first kappa shape index (κ1) is 12.7. The van der Waals surface area contributed by atoms with Crippen molar-refractivity contribution in [2.45, 2.75) is 31.7 Å². The molecule has 1 fully saturated rings. The SMILES string of the molecule is C[C@@]12CO[C@@H](C1)Oc1ccc(OCc3ccccc3)cc12. The summed E-state index contributed by atoms with van der Waals surface area (Å²) in [7, 11) is 0. The van der Waals surface area contributed by atoms with Crippen LogP contribution >= 0.6 is 0 Å². The van der Waals surface area contributed by atoms with E-state index in [1.165, 1.54) is 11.1 Å². The van der Waals surface area contributed by atoms with Gasteiger partial charge in [-0.05, 0) is 23.8 Å². The van der Waals surface area contributed by atoms with E-state index in [4.69, 9.17) is 14.2 Å². The molecule has 0 saturated carbocycles. The van der Waals surface area contributed by atoms with Crippen LogP contribution in [0, 0.1) is 0 Å². The normalized spacial score (nSPS) is 26.0. The molecule has 3 heteroatoms. The Kier molecular flexibility index (Phi) is 2.89. The lowest BCUT2D eigenvalue weighted by Crippen LogP contribution is -2.29. The van der Waals surface area contributed by atoms with Gasteiger partial charge in [0.25, 0.3) is 0 Å². The quantitative estimate of drug-likeness (QED) is 0.860. The second kappa shape index (κ2) is 4.78. The van der Waals surface area contributed by atoms with Crippen molar-refractivity contribution < 1.29 is 14.2 Å². The Balaban J connectivity index is 1.57. The van der Waals surface area contributed by atoms with Gasteiger partial charge in [0.05, 0.1) is 6.61 Å². The Labute approximate surface area is 124 Å². The van der Waals surface area contributed by atoms with Gasteiger partial charge in [0, 0.05) is 17.4 Å². The average Bonchev–Trinajstić information content (AvgIpc) is 2.83. The van der Waals surface area contributed by atoms with E-state index >= 15 is 0 Å². The molecule has 1 saturated heterocycles. The van der Waals surface area contributed by atoms with E-state index in [2.05, 4.69) is 25.1 Å². The molecule has 0 spiro atoms. The van der Waals surface area contributed by atoms with E-state index in [-0.39, 0.29) is 11.7 Å². The van der Waals surface area contributed by atoms with E-state index < -0.39 is 0 Å². The number of fused-ring (bicyclic) bond motifs is 4. The van der Waals surface area contributed by atoms with Gasteiger partial charge >= 0.3 is 0 Å². The van der Waals surface area contributed by atoms with Crippen LogP contribution in [0.15, 0.2) is 48.5 Å². The lowest BCUT2D eigenvalue weighted by Gasteiger charge is -2.30. The van der Waals surface area contributed by atoms with Gasteiger partial charge in [-0.1, -0.05) is 37.3 Å². The molecule has 108 valence electrons. The summed E-state index contributed by atoms with van der Waals surface area (Å²) in [5, 5.41) is 0. The fourth-order valence-electron chi connectivity index (χ4n) is 3.08. The number of benzene rings is 2. The predicted molar refractivity (Wildman–Crippen MR) is 79.6 cm³/mol. The molecule has 2 aromatic carbocycles. The minimum Gasteiger partial charge on any atom is -0.489 e. The maximum absolute atomic E-state index is 5.91. The molecule has 2 aromatic rings. The molecule has 2 aliphatic rings. The van der Waals surface area contributed by atoms with Crippen LogP contribution < -0.4 is 9.47 Å². The molecular formula is C18H18O3. The monoisotopic (exact) mass is 282 g/mol. The van der Waals surface area contributed by atoms with Gasteiger partial charge in [0.2, 0.25) is 6.29 Å². The third kappa shape index (κ3) is 2.28. The number of hydrogen-bond acceptors (Lipinski definition) is 3. The summed E-state index contributed by atoms with van der Waals surface area (Å²) < 4.78 is 17.4. The van der Waals surface area contributed by atoms with Crippen LogP contribution in [0.5, 0.6) is 11.5 Å². The highest BCUT2D eigenvalue weighted by Gasteiger charge is 2.44. The Morgan fingerprint density at radius 2 is 2.05 bits per heavy atom. The summed E-state index contributed by atoms with van der Waals surface area (Å²) in [4.78, 5) is 0. The molecule has 0 amide bonds. The fraction of sp³-hybridized carbons (Fsp3) is 0.333. The lowest BCUT2D eigenvalue weighted by molar-refractivity contribution is -0.0380. The standard InChI is InChI=1S/C18H18O3/c1-18-10-17(20-12-18)21-16-8-7-14(9-15(16)18)19-11-13-5-3-2-4-6-13/h2-9,17H,10-12H2,1H3/t17-,18+/m1/s1. The van der Waals surface area contributed by atoms with Crippen molar-refractivity contribution in [3.63, 3.8) is 0 Å². The van der Waals surface area contributed by atoms with E-state index in [1.54, 1.807) is 0 Å². The lowest BCUT2D eigenvalue weighted by atomic mass is 9.80.